The van der Waals surface area contributed by atoms with Gasteiger partial charge in [-0.3, -0.25) is 9.59 Å². The molecule has 7 nitrogen and oxygen atoms in total. The standard InChI is InChI=1S/C14H20N2O3.CO2/c1-3-12(9-13(17)19-4-2)16-14(18)10-5-7-11(15)8-6-10;2-1-3/h5-8,12H,3-4,9,15H2,1-2H3,(H,16,18);. The van der Waals surface area contributed by atoms with Crippen molar-refractivity contribution in [2.45, 2.75) is 32.7 Å². The second-order valence-electron chi connectivity index (χ2n) is 4.29. The molecule has 0 saturated carbocycles. The molecule has 0 fully saturated rings. The van der Waals surface area contributed by atoms with Gasteiger partial charge in [-0.15, -0.1) is 0 Å². The van der Waals surface area contributed by atoms with Gasteiger partial charge < -0.3 is 15.8 Å². The number of carbonyl (C=O) groups excluding carboxylic acids is 4. The molecule has 1 aromatic carbocycles. The van der Waals surface area contributed by atoms with E-state index in [-0.39, 0.29) is 30.5 Å². The van der Waals surface area contributed by atoms with E-state index in [1.54, 1.807) is 31.2 Å². The fourth-order valence-corrected chi connectivity index (χ4v) is 1.62. The normalized spacial score (nSPS) is 10.5. The van der Waals surface area contributed by atoms with E-state index in [1.165, 1.54) is 0 Å². The molecule has 0 heterocycles. The summed E-state index contributed by atoms with van der Waals surface area (Å²) in [4.78, 5) is 39.6. The van der Waals surface area contributed by atoms with Gasteiger partial charge in [-0.1, -0.05) is 6.92 Å². The summed E-state index contributed by atoms with van der Waals surface area (Å²) >= 11 is 0. The summed E-state index contributed by atoms with van der Waals surface area (Å²) in [7, 11) is 0. The predicted molar refractivity (Wildman–Crippen MR) is 78.7 cm³/mol. The highest BCUT2D eigenvalue weighted by Gasteiger charge is 2.16. The molecule has 1 rings (SSSR count). The summed E-state index contributed by atoms with van der Waals surface area (Å²) in [5, 5.41) is 2.81. The highest BCUT2D eigenvalue weighted by Crippen LogP contribution is 2.07. The number of ether oxygens (including phenoxy) is 1. The van der Waals surface area contributed by atoms with E-state index in [4.69, 9.17) is 20.1 Å². The smallest absolute Gasteiger partial charge is 0.373 e. The van der Waals surface area contributed by atoms with Crippen molar-refractivity contribution < 1.29 is 23.9 Å². The lowest BCUT2D eigenvalue weighted by molar-refractivity contribution is -0.191. The van der Waals surface area contributed by atoms with Crippen LogP contribution >= 0.6 is 0 Å². The third-order valence-electron chi connectivity index (χ3n) is 2.72. The van der Waals surface area contributed by atoms with Crippen LogP contribution in [0.1, 0.15) is 37.0 Å². The Bertz CT molecular complexity index is 507. The first-order valence-corrected chi connectivity index (χ1v) is 6.79. The maximum atomic E-state index is 12.0. The van der Waals surface area contributed by atoms with Crippen molar-refractivity contribution in [1.82, 2.24) is 5.32 Å². The quantitative estimate of drug-likeness (QED) is 0.601. The number of nitrogens with two attached hydrogens (primary N) is 1. The van der Waals surface area contributed by atoms with Crippen molar-refractivity contribution in [3.05, 3.63) is 29.8 Å². The van der Waals surface area contributed by atoms with E-state index < -0.39 is 0 Å². The van der Waals surface area contributed by atoms with Crippen LogP contribution in [-0.4, -0.2) is 30.7 Å². The topological polar surface area (TPSA) is 116 Å². The highest BCUT2D eigenvalue weighted by atomic mass is 16.5. The average molecular weight is 308 g/mol. The van der Waals surface area contributed by atoms with Crippen LogP contribution in [0.3, 0.4) is 0 Å². The molecule has 1 atom stereocenters. The largest absolute Gasteiger partial charge is 0.466 e. The molecule has 1 unspecified atom stereocenters. The fraction of sp³-hybridized carbons (Fsp3) is 0.400. The van der Waals surface area contributed by atoms with E-state index in [0.29, 0.717) is 24.3 Å². The van der Waals surface area contributed by atoms with Gasteiger partial charge in [-0.25, -0.2) is 0 Å². The SMILES string of the molecule is CCOC(=O)CC(CC)NC(=O)c1ccc(N)cc1.O=C=O. The molecule has 0 saturated heterocycles. The lowest BCUT2D eigenvalue weighted by atomic mass is 10.1. The first-order valence-electron chi connectivity index (χ1n) is 6.79. The highest BCUT2D eigenvalue weighted by molar-refractivity contribution is 5.94. The zero-order valence-corrected chi connectivity index (χ0v) is 12.6. The van der Waals surface area contributed by atoms with Gasteiger partial charge in [0.05, 0.1) is 13.0 Å². The van der Waals surface area contributed by atoms with E-state index in [1.807, 2.05) is 6.92 Å². The molecule has 0 radical (unpaired) electrons. The number of rotatable bonds is 6. The Morgan fingerprint density at radius 2 is 1.77 bits per heavy atom. The molecule has 1 aromatic rings. The number of anilines is 1. The molecule has 22 heavy (non-hydrogen) atoms. The first-order chi connectivity index (χ1) is 10.5. The Morgan fingerprint density at radius 1 is 1.23 bits per heavy atom. The number of nitrogens with one attached hydrogen (secondary N) is 1. The van der Waals surface area contributed by atoms with E-state index in [2.05, 4.69) is 5.32 Å². The molecule has 1 amide bonds. The van der Waals surface area contributed by atoms with Crippen LogP contribution in [0.4, 0.5) is 5.69 Å². The maximum absolute atomic E-state index is 12.0. The van der Waals surface area contributed by atoms with Gasteiger partial charge in [0.25, 0.3) is 5.91 Å². The molecular formula is C15H20N2O5. The van der Waals surface area contributed by atoms with Crippen LogP contribution in [0.15, 0.2) is 24.3 Å². The lowest BCUT2D eigenvalue weighted by Crippen LogP contribution is -2.36. The number of nitrogen functional groups attached to an aromatic ring is 1. The second-order valence-corrected chi connectivity index (χ2v) is 4.29. The third kappa shape index (κ3) is 7.81. The van der Waals surface area contributed by atoms with Gasteiger partial charge in [-0.05, 0) is 37.6 Å². The first kappa shape index (κ1) is 19.3. The van der Waals surface area contributed by atoms with Gasteiger partial charge in [0.2, 0.25) is 0 Å². The van der Waals surface area contributed by atoms with Crippen molar-refractivity contribution in [2.24, 2.45) is 0 Å². The molecule has 0 aromatic heterocycles. The summed E-state index contributed by atoms with van der Waals surface area (Å²) in [6.07, 6.45) is 1.10. The summed E-state index contributed by atoms with van der Waals surface area (Å²) in [5.41, 5.74) is 6.69. The van der Waals surface area contributed by atoms with Crippen LogP contribution in [0.5, 0.6) is 0 Å². The van der Waals surface area contributed by atoms with E-state index in [0.717, 1.165) is 0 Å². The van der Waals surface area contributed by atoms with Gasteiger partial charge in [0.1, 0.15) is 0 Å². The van der Waals surface area contributed by atoms with Crippen molar-refractivity contribution in [2.75, 3.05) is 12.3 Å². The minimum atomic E-state index is -0.299. The predicted octanol–water partition coefficient (Wildman–Crippen LogP) is 1.15. The molecule has 7 heteroatoms. The van der Waals surface area contributed by atoms with Gasteiger partial charge in [-0.2, -0.15) is 9.59 Å². The molecule has 0 bridgehead atoms. The number of hydrogen-bond donors (Lipinski definition) is 2. The maximum Gasteiger partial charge on any atom is 0.373 e. The van der Waals surface area contributed by atoms with Gasteiger partial charge in [0, 0.05) is 17.3 Å². The summed E-state index contributed by atoms with van der Waals surface area (Å²) in [5.74, 6) is -0.511. The minimum Gasteiger partial charge on any atom is -0.466 e. The molecule has 3 N–H and O–H groups in total. The molecular weight excluding hydrogens is 288 g/mol. The Kier molecular flexibility index (Phi) is 9.71. The zero-order valence-electron chi connectivity index (χ0n) is 12.6. The fourth-order valence-electron chi connectivity index (χ4n) is 1.62. The van der Waals surface area contributed by atoms with Crippen LogP contribution < -0.4 is 11.1 Å². The summed E-state index contributed by atoms with van der Waals surface area (Å²) in [6.45, 7) is 4.01. The molecule has 0 aliphatic heterocycles. The van der Waals surface area contributed by atoms with Crippen LogP contribution in [0, 0.1) is 0 Å². The number of esters is 1. The molecule has 0 spiro atoms. The van der Waals surface area contributed by atoms with Crippen LogP contribution in [0.25, 0.3) is 0 Å². The Hall–Kier alpha value is -2.66. The monoisotopic (exact) mass is 308 g/mol. The Labute approximate surface area is 128 Å². The minimum absolute atomic E-state index is 0.186. The lowest BCUT2D eigenvalue weighted by Gasteiger charge is -2.16. The number of hydrogen-bond acceptors (Lipinski definition) is 6. The zero-order chi connectivity index (χ0) is 17.0. The Balaban J connectivity index is 0.00000135. The van der Waals surface area contributed by atoms with Gasteiger partial charge >= 0.3 is 12.1 Å². The second kappa shape index (κ2) is 11.0. The van der Waals surface area contributed by atoms with E-state index in [9.17, 15) is 9.59 Å². The van der Waals surface area contributed by atoms with Crippen molar-refractivity contribution in [3.63, 3.8) is 0 Å². The average Bonchev–Trinajstić information content (AvgIpc) is 2.48. The summed E-state index contributed by atoms with van der Waals surface area (Å²) < 4.78 is 4.87. The number of amides is 1. The van der Waals surface area contributed by atoms with Crippen LogP contribution in [-0.2, 0) is 19.1 Å². The molecule has 0 aliphatic carbocycles. The van der Waals surface area contributed by atoms with Gasteiger partial charge in [0.15, 0.2) is 0 Å². The van der Waals surface area contributed by atoms with Crippen molar-refractivity contribution in [1.29, 1.82) is 0 Å². The van der Waals surface area contributed by atoms with Crippen molar-refractivity contribution >= 4 is 23.7 Å². The third-order valence-corrected chi connectivity index (χ3v) is 2.72. The molecule has 120 valence electrons. The van der Waals surface area contributed by atoms with E-state index >= 15 is 0 Å². The Morgan fingerprint density at radius 3 is 2.23 bits per heavy atom. The number of carbonyl (C=O) groups is 2. The summed E-state index contributed by atoms with van der Waals surface area (Å²) in [6, 6.07) is 6.43. The number of benzene rings is 1. The molecule has 0 aliphatic rings. The van der Waals surface area contributed by atoms with Crippen LogP contribution in [0.2, 0.25) is 0 Å². The van der Waals surface area contributed by atoms with Crippen molar-refractivity contribution in [3.8, 4) is 0 Å².